The first kappa shape index (κ1) is 21.2. The van der Waals surface area contributed by atoms with Crippen molar-refractivity contribution in [3.63, 3.8) is 0 Å². The number of hydrogen-bond acceptors (Lipinski definition) is 4. The third kappa shape index (κ3) is 5.60. The van der Waals surface area contributed by atoms with Crippen molar-refractivity contribution in [2.75, 3.05) is 39.5 Å². The summed E-state index contributed by atoms with van der Waals surface area (Å²) < 4.78 is 10.8. The summed E-state index contributed by atoms with van der Waals surface area (Å²) in [5, 5.41) is 4.02. The van der Waals surface area contributed by atoms with E-state index in [2.05, 4.69) is 5.32 Å². The summed E-state index contributed by atoms with van der Waals surface area (Å²) in [7, 11) is 0. The quantitative estimate of drug-likeness (QED) is 0.743. The molecule has 1 saturated heterocycles. The number of piperazine rings is 1. The molecule has 2 rings (SSSR count). The molecule has 1 aromatic rings. The predicted octanol–water partition coefficient (Wildman–Crippen LogP) is 2.68. The normalized spacial score (nSPS) is 18.8. The van der Waals surface area contributed by atoms with Gasteiger partial charge in [-0.2, -0.15) is 0 Å². The molecule has 2 unspecified atom stereocenters. The van der Waals surface area contributed by atoms with Crippen LogP contribution in [-0.4, -0.2) is 56.4 Å². The van der Waals surface area contributed by atoms with E-state index in [4.69, 9.17) is 21.1 Å². The molecule has 7 heteroatoms. The van der Waals surface area contributed by atoms with Crippen LogP contribution in [0.3, 0.4) is 0 Å². The Hall–Kier alpha value is -0.850. The zero-order valence-corrected chi connectivity index (χ0v) is 15.7. The molecule has 2 atom stereocenters. The molecular weight excluding hydrogens is 351 g/mol. The molecular formula is C17H26Cl2N2O3. The van der Waals surface area contributed by atoms with E-state index in [1.165, 1.54) is 0 Å². The maximum Gasteiger partial charge on any atom is 0.252 e. The molecule has 0 bridgehead atoms. The molecule has 0 aromatic heterocycles. The number of carbonyl (C=O) groups is 1. The number of halogens is 2. The van der Waals surface area contributed by atoms with Crippen LogP contribution >= 0.6 is 24.0 Å². The molecule has 1 heterocycles. The molecule has 0 saturated carbocycles. The van der Waals surface area contributed by atoms with Gasteiger partial charge in [0.1, 0.15) is 6.10 Å². The fraction of sp³-hybridized carbons (Fsp3) is 0.588. The lowest BCUT2D eigenvalue weighted by Crippen LogP contribution is -2.51. The van der Waals surface area contributed by atoms with E-state index in [1.54, 1.807) is 6.92 Å². The van der Waals surface area contributed by atoms with Crippen molar-refractivity contribution in [3.05, 3.63) is 34.9 Å². The number of benzene rings is 1. The van der Waals surface area contributed by atoms with Gasteiger partial charge in [-0.05, 0) is 25.5 Å². The van der Waals surface area contributed by atoms with Crippen molar-refractivity contribution >= 4 is 29.9 Å². The van der Waals surface area contributed by atoms with Crippen molar-refractivity contribution in [2.45, 2.75) is 26.0 Å². The average molecular weight is 377 g/mol. The minimum absolute atomic E-state index is 0. The van der Waals surface area contributed by atoms with Crippen LogP contribution in [0.4, 0.5) is 0 Å². The Morgan fingerprint density at radius 2 is 2.17 bits per heavy atom. The highest BCUT2D eigenvalue weighted by Crippen LogP contribution is 2.29. The Labute approximate surface area is 155 Å². The Kier molecular flexibility index (Phi) is 9.63. The molecule has 5 nitrogen and oxygen atoms in total. The van der Waals surface area contributed by atoms with Gasteiger partial charge in [-0.15, -0.1) is 12.4 Å². The third-order valence-electron chi connectivity index (χ3n) is 3.94. The van der Waals surface area contributed by atoms with Gasteiger partial charge in [-0.3, -0.25) is 4.79 Å². The predicted molar refractivity (Wildman–Crippen MR) is 97.9 cm³/mol. The van der Waals surface area contributed by atoms with Gasteiger partial charge >= 0.3 is 0 Å². The van der Waals surface area contributed by atoms with Crippen molar-refractivity contribution in [2.24, 2.45) is 0 Å². The highest BCUT2D eigenvalue weighted by atomic mass is 35.5. The maximum absolute atomic E-state index is 12.7. The van der Waals surface area contributed by atoms with Crippen molar-refractivity contribution < 1.29 is 14.3 Å². The monoisotopic (exact) mass is 376 g/mol. The van der Waals surface area contributed by atoms with Crippen molar-refractivity contribution in [1.29, 1.82) is 0 Å². The van der Waals surface area contributed by atoms with Crippen LogP contribution in [0.1, 0.15) is 25.5 Å². The third-order valence-corrected chi connectivity index (χ3v) is 4.28. The van der Waals surface area contributed by atoms with Gasteiger partial charge in [0, 0.05) is 31.3 Å². The summed E-state index contributed by atoms with van der Waals surface area (Å²) in [4.78, 5) is 14.6. The number of ether oxygens (including phenoxy) is 2. The highest BCUT2D eigenvalue weighted by Gasteiger charge is 2.31. The summed E-state index contributed by atoms with van der Waals surface area (Å²) in [5.41, 5.74) is 0.969. The Morgan fingerprint density at radius 3 is 2.88 bits per heavy atom. The van der Waals surface area contributed by atoms with E-state index in [0.717, 1.165) is 12.1 Å². The fourth-order valence-electron chi connectivity index (χ4n) is 2.72. The van der Waals surface area contributed by atoms with E-state index in [0.29, 0.717) is 37.9 Å². The zero-order valence-electron chi connectivity index (χ0n) is 14.2. The summed E-state index contributed by atoms with van der Waals surface area (Å²) in [6.45, 7) is 7.42. The Bertz CT molecular complexity index is 516. The van der Waals surface area contributed by atoms with Crippen LogP contribution < -0.4 is 5.32 Å². The van der Waals surface area contributed by atoms with Crippen molar-refractivity contribution in [1.82, 2.24) is 10.2 Å². The molecule has 1 aliphatic heterocycles. The molecule has 0 aliphatic carbocycles. The lowest BCUT2D eigenvalue weighted by Gasteiger charge is -2.38. The first-order valence-corrected chi connectivity index (χ1v) is 8.48. The second kappa shape index (κ2) is 10.9. The molecule has 0 radical (unpaired) electrons. The number of carbonyl (C=O) groups excluding carboxylic acids is 1. The van der Waals surface area contributed by atoms with E-state index >= 15 is 0 Å². The average Bonchev–Trinajstić information content (AvgIpc) is 2.58. The van der Waals surface area contributed by atoms with Gasteiger partial charge in [0.2, 0.25) is 0 Å². The van der Waals surface area contributed by atoms with E-state index in [1.807, 2.05) is 36.1 Å². The van der Waals surface area contributed by atoms with Crippen LogP contribution in [0, 0.1) is 0 Å². The summed E-state index contributed by atoms with van der Waals surface area (Å²) in [6, 6.07) is 7.61. The lowest BCUT2D eigenvalue weighted by molar-refractivity contribution is -0.147. The van der Waals surface area contributed by atoms with Crippen LogP contribution in [0.15, 0.2) is 24.3 Å². The van der Waals surface area contributed by atoms with Crippen LogP contribution in [0.5, 0.6) is 0 Å². The topological polar surface area (TPSA) is 50.8 Å². The van der Waals surface area contributed by atoms with E-state index in [9.17, 15) is 4.79 Å². The number of hydrogen-bond donors (Lipinski definition) is 1. The number of rotatable bonds is 7. The minimum Gasteiger partial charge on any atom is -0.379 e. The number of amides is 1. The molecule has 1 N–H and O–H groups in total. The van der Waals surface area contributed by atoms with Crippen LogP contribution in [0.25, 0.3) is 0 Å². The summed E-state index contributed by atoms with van der Waals surface area (Å²) in [5.74, 6) is -0.00656. The van der Waals surface area contributed by atoms with E-state index < -0.39 is 6.10 Å². The SMILES string of the molecule is CCOCCOC(C)C(=O)N1CCNCC1c1ccccc1Cl.Cl. The largest absolute Gasteiger partial charge is 0.379 e. The first-order chi connectivity index (χ1) is 11.1. The lowest BCUT2D eigenvalue weighted by atomic mass is 10.0. The molecule has 24 heavy (non-hydrogen) atoms. The maximum atomic E-state index is 12.7. The molecule has 1 fully saturated rings. The minimum atomic E-state index is -0.487. The second-order valence-electron chi connectivity index (χ2n) is 5.48. The standard InChI is InChI=1S/C17H25ClN2O3.ClH/c1-3-22-10-11-23-13(2)17(21)20-9-8-19-12-16(20)14-6-4-5-7-15(14)18;/h4-7,13,16,19H,3,8-12H2,1-2H3;1H. The first-order valence-electron chi connectivity index (χ1n) is 8.10. The van der Waals surface area contributed by atoms with Gasteiger partial charge in [0.15, 0.2) is 0 Å². The molecule has 1 aliphatic rings. The van der Waals surface area contributed by atoms with Gasteiger partial charge in [-0.25, -0.2) is 0 Å². The van der Waals surface area contributed by atoms with Crippen molar-refractivity contribution in [3.8, 4) is 0 Å². The summed E-state index contributed by atoms with van der Waals surface area (Å²) in [6.07, 6.45) is -0.487. The number of nitrogens with zero attached hydrogens (tertiary/aromatic N) is 1. The fourth-order valence-corrected chi connectivity index (χ4v) is 2.99. The van der Waals surface area contributed by atoms with Gasteiger partial charge in [-0.1, -0.05) is 29.8 Å². The van der Waals surface area contributed by atoms with E-state index in [-0.39, 0.29) is 24.4 Å². The van der Waals surface area contributed by atoms with Gasteiger partial charge in [0.25, 0.3) is 5.91 Å². The summed E-state index contributed by atoms with van der Waals surface area (Å²) >= 11 is 6.31. The molecule has 136 valence electrons. The zero-order chi connectivity index (χ0) is 16.7. The highest BCUT2D eigenvalue weighted by molar-refractivity contribution is 6.31. The van der Waals surface area contributed by atoms with Gasteiger partial charge < -0.3 is 19.7 Å². The van der Waals surface area contributed by atoms with Crippen LogP contribution in [-0.2, 0) is 14.3 Å². The van der Waals surface area contributed by atoms with Gasteiger partial charge in [0.05, 0.1) is 19.3 Å². The Morgan fingerprint density at radius 1 is 1.42 bits per heavy atom. The smallest absolute Gasteiger partial charge is 0.252 e. The van der Waals surface area contributed by atoms with Crippen LogP contribution in [0.2, 0.25) is 5.02 Å². The molecule has 1 amide bonds. The number of nitrogens with one attached hydrogen (secondary N) is 1. The molecule has 0 spiro atoms. The second-order valence-corrected chi connectivity index (χ2v) is 5.89. The Balaban J connectivity index is 0.00000288. The molecule has 1 aromatic carbocycles.